The summed E-state index contributed by atoms with van der Waals surface area (Å²) in [6.45, 7) is 6.36. The molecule has 0 unspecified atom stereocenters. The van der Waals surface area contributed by atoms with Gasteiger partial charge in [-0.1, -0.05) is 12.1 Å². The van der Waals surface area contributed by atoms with E-state index in [1.165, 1.54) is 24.3 Å². The molecule has 0 spiro atoms. The first-order valence-corrected chi connectivity index (χ1v) is 9.85. The second kappa shape index (κ2) is 10.0. The summed E-state index contributed by atoms with van der Waals surface area (Å²) in [5.41, 5.74) is 1.03. The van der Waals surface area contributed by atoms with Crippen LogP contribution in [-0.4, -0.2) is 67.5 Å². The van der Waals surface area contributed by atoms with Crippen LogP contribution >= 0.6 is 0 Å². The van der Waals surface area contributed by atoms with Crippen LogP contribution in [0, 0.1) is 5.82 Å². The Bertz CT molecular complexity index is 833. The van der Waals surface area contributed by atoms with Gasteiger partial charge in [0.25, 0.3) is 11.8 Å². The lowest BCUT2D eigenvalue weighted by Crippen LogP contribution is -2.50. The average molecular weight is 399 g/mol. The molecule has 0 saturated carbocycles. The van der Waals surface area contributed by atoms with Gasteiger partial charge in [0.05, 0.1) is 12.2 Å². The largest absolute Gasteiger partial charge is 0.493 e. The van der Waals surface area contributed by atoms with Gasteiger partial charge in [0.15, 0.2) is 0 Å². The van der Waals surface area contributed by atoms with E-state index in [0.29, 0.717) is 49.7 Å². The fourth-order valence-corrected chi connectivity index (χ4v) is 3.30. The van der Waals surface area contributed by atoms with E-state index in [4.69, 9.17) is 4.74 Å². The van der Waals surface area contributed by atoms with Gasteiger partial charge in [0, 0.05) is 44.8 Å². The van der Waals surface area contributed by atoms with E-state index in [1.54, 1.807) is 6.07 Å². The van der Waals surface area contributed by atoms with Crippen LogP contribution in [0.2, 0.25) is 0 Å². The molecule has 2 aromatic rings. The van der Waals surface area contributed by atoms with Crippen LogP contribution in [0.1, 0.15) is 27.6 Å². The normalized spacial score (nSPS) is 14.5. The van der Waals surface area contributed by atoms with Gasteiger partial charge >= 0.3 is 0 Å². The maximum atomic E-state index is 12.9. The minimum absolute atomic E-state index is 0.0155. The van der Waals surface area contributed by atoms with E-state index < -0.39 is 0 Å². The van der Waals surface area contributed by atoms with Crippen molar-refractivity contribution in [3.63, 3.8) is 0 Å². The molecule has 0 aliphatic carbocycles. The maximum absolute atomic E-state index is 12.9. The van der Waals surface area contributed by atoms with Crippen molar-refractivity contribution >= 4 is 11.8 Å². The number of halogens is 1. The zero-order chi connectivity index (χ0) is 20.6. The molecule has 2 aromatic carbocycles. The van der Waals surface area contributed by atoms with Crippen LogP contribution in [0.25, 0.3) is 0 Å². The van der Waals surface area contributed by atoms with Crippen LogP contribution in [0.4, 0.5) is 4.39 Å². The highest BCUT2D eigenvalue weighted by atomic mass is 19.1. The van der Waals surface area contributed by atoms with Crippen molar-refractivity contribution in [2.45, 2.75) is 6.92 Å². The lowest BCUT2D eigenvalue weighted by molar-refractivity contribution is 0.0634. The monoisotopic (exact) mass is 399 g/mol. The summed E-state index contributed by atoms with van der Waals surface area (Å²) in [7, 11) is 0. The van der Waals surface area contributed by atoms with Gasteiger partial charge in [-0.2, -0.15) is 0 Å². The van der Waals surface area contributed by atoms with Crippen molar-refractivity contribution in [1.29, 1.82) is 0 Å². The summed E-state index contributed by atoms with van der Waals surface area (Å²) in [4.78, 5) is 28.9. The number of nitrogens with one attached hydrogen (secondary N) is 1. The SMILES string of the molecule is CCOc1ccccc1C(=O)N1CCN(CCNC(=O)c2ccc(F)cc2)CC1. The molecule has 1 heterocycles. The molecule has 1 fully saturated rings. The Morgan fingerprint density at radius 2 is 1.72 bits per heavy atom. The molecule has 0 atom stereocenters. The van der Waals surface area contributed by atoms with E-state index in [1.807, 2.05) is 30.0 Å². The third-order valence-electron chi connectivity index (χ3n) is 4.90. The van der Waals surface area contributed by atoms with Crippen molar-refractivity contribution in [3.8, 4) is 5.75 Å². The molecular weight excluding hydrogens is 373 g/mol. The van der Waals surface area contributed by atoms with Gasteiger partial charge in [-0.25, -0.2) is 4.39 Å². The van der Waals surface area contributed by atoms with Crippen LogP contribution in [0.5, 0.6) is 5.75 Å². The van der Waals surface area contributed by atoms with Gasteiger partial charge < -0.3 is 15.0 Å². The number of benzene rings is 2. The average Bonchev–Trinajstić information content (AvgIpc) is 2.75. The Morgan fingerprint density at radius 3 is 2.41 bits per heavy atom. The van der Waals surface area contributed by atoms with Crippen molar-refractivity contribution in [1.82, 2.24) is 15.1 Å². The number of carbonyl (C=O) groups excluding carboxylic acids is 2. The van der Waals surface area contributed by atoms with Gasteiger partial charge in [-0.3, -0.25) is 14.5 Å². The molecule has 1 saturated heterocycles. The minimum Gasteiger partial charge on any atom is -0.493 e. The Balaban J connectivity index is 1.44. The molecule has 1 N–H and O–H groups in total. The van der Waals surface area contributed by atoms with Crippen LogP contribution in [0.15, 0.2) is 48.5 Å². The molecule has 0 aromatic heterocycles. The Labute approximate surface area is 170 Å². The fraction of sp³-hybridized carbons (Fsp3) is 0.364. The summed E-state index contributed by atoms with van der Waals surface area (Å²) < 4.78 is 18.5. The topological polar surface area (TPSA) is 61.9 Å². The van der Waals surface area contributed by atoms with Crippen LogP contribution in [-0.2, 0) is 0 Å². The van der Waals surface area contributed by atoms with E-state index in [-0.39, 0.29) is 17.6 Å². The quantitative estimate of drug-likeness (QED) is 0.777. The number of para-hydroxylation sites is 1. The first kappa shape index (κ1) is 20.8. The molecule has 7 heteroatoms. The number of piperazine rings is 1. The Kier molecular flexibility index (Phi) is 7.19. The summed E-state index contributed by atoms with van der Waals surface area (Å²) in [5.74, 6) is 0.0217. The van der Waals surface area contributed by atoms with Crippen molar-refractivity contribution in [2.75, 3.05) is 45.9 Å². The second-order valence-corrected chi connectivity index (χ2v) is 6.83. The molecule has 29 heavy (non-hydrogen) atoms. The lowest BCUT2D eigenvalue weighted by Gasteiger charge is -2.35. The van der Waals surface area contributed by atoms with Gasteiger partial charge in [0.2, 0.25) is 0 Å². The molecule has 1 aliphatic heterocycles. The molecule has 1 aliphatic rings. The number of ether oxygens (including phenoxy) is 1. The zero-order valence-corrected chi connectivity index (χ0v) is 16.6. The van der Waals surface area contributed by atoms with E-state index in [0.717, 1.165) is 13.1 Å². The molecule has 0 radical (unpaired) electrons. The molecule has 154 valence electrons. The van der Waals surface area contributed by atoms with Crippen molar-refractivity contribution < 1.29 is 18.7 Å². The number of amides is 2. The van der Waals surface area contributed by atoms with E-state index >= 15 is 0 Å². The number of carbonyl (C=O) groups is 2. The highest BCUT2D eigenvalue weighted by Gasteiger charge is 2.24. The molecular formula is C22H26FN3O3. The third-order valence-corrected chi connectivity index (χ3v) is 4.90. The summed E-state index contributed by atoms with van der Waals surface area (Å²) in [6, 6.07) is 12.8. The predicted octanol–water partition coefficient (Wildman–Crippen LogP) is 2.41. The third kappa shape index (κ3) is 5.54. The van der Waals surface area contributed by atoms with E-state index in [9.17, 15) is 14.0 Å². The first-order valence-electron chi connectivity index (χ1n) is 9.85. The number of rotatable bonds is 7. The van der Waals surface area contributed by atoms with Gasteiger partial charge in [-0.15, -0.1) is 0 Å². The smallest absolute Gasteiger partial charge is 0.257 e. The second-order valence-electron chi connectivity index (χ2n) is 6.83. The lowest BCUT2D eigenvalue weighted by atomic mass is 10.1. The fourth-order valence-electron chi connectivity index (χ4n) is 3.30. The van der Waals surface area contributed by atoms with Gasteiger partial charge in [0.1, 0.15) is 11.6 Å². The molecule has 2 amide bonds. The number of hydrogen-bond acceptors (Lipinski definition) is 4. The molecule has 0 bridgehead atoms. The van der Waals surface area contributed by atoms with Crippen LogP contribution < -0.4 is 10.1 Å². The van der Waals surface area contributed by atoms with Crippen molar-refractivity contribution in [3.05, 3.63) is 65.5 Å². The first-order chi connectivity index (χ1) is 14.1. The standard InChI is InChI=1S/C22H26FN3O3/c1-2-29-20-6-4-3-5-19(20)22(28)26-15-13-25(14-16-26)12-11-24-21(27)17-7-9-18(23)10-8-17/h3-10H,2,11-16H2,1H3,(H,24,27). The van der Waals surface area contributed by atoms with Crippen LogP contribution in [0.3, 0.4) is 0 Å². The highest BCUT2D eigenvalue weighted by molar-refractivity contribution is 5.97. The highest BCUT2D eigenvalue weighted by Crippen LogP contribution is 2.20. The molecule has 3 rings (SSSR count). The Morgan fingerprint density at radius 1 is 1.03 bits per heavy atom. The van der Waals surface area contributed by atoms with Gasteiger partial charge in [-0.05, 0) is 43.3 Å². The predicted molar refractivity (Wildman–Crippen MR) is 109 cm³/mol. The number of nitrogens with zero attached hydrogens (tertiary/aromatic N) is 2. The zero-order valence-electron chi connectivity index (χ0n) is 16.6. The minimum atomic E-state index is -0.363. The summed E-state index contributed by atoms with van der Waals surface area (Å²) in [6.07, 6.45) is 0. The Hall–Kier alpha value is -2.93. The maximum Gasteiger partial charge on any atom is 0.257 e. The van der Waals surface area contributed by atoms with Crippen molar-refractivity contribution in [2.24, 2.45) is 0 Å². The number of hydrogen-bond donors (Lipinski definition) is 1. The summed E-state index contributed by atoms with van der Waals surface area (Å²) >= 11 is 0. The summed E-state index contributed by atoms with van der Waals surface area (Å²) in [5, 5.41) is 2.85. The van der Waals surface area contributed by atoms with E-state index in [2.05, 4.69) is 10.2 Å². The molecule has 6 nitrogen and oxygen atoms in total.